The quantitative estimate of drug-likeness (QED) is 0.735. The van der Waals surface area contributed by atoms with Crippen LogP contribution in [0.4, 0.5) is 5.69 Å². The highest BCUT2D eigenvalue weighted by Gasteiger charge is 2.24. The third kappa shape index (κ3) is 3.99. The molecule has 2 rings (SSSR count). The van der Waals surface area contributed by atoms with Gasteiger partial charge >= 0.3 is 5.97 Å². The van der Waals surface area contributed by atoms with Crippen LogP contribution in [0.3, 0.4) is 0 Å². The smallest absolute Gasteiger partial charge is 0.340 e. The van der Waals surface area contributed by atoms with E-state index in [2.05, 4.69) is 4.72 Å². The van der Waals surface area contributed by atoms with Crippen LogP contribution in [-0.4, -0.2) is 42.8 Å². The van der Waals surface area contributed by atoms with E-state index in [9.17, 15) is 13.2 Å². The molecule has 0 aliphatic carbocycles. The van der Waals surface area contributed by atoms with Gasteiger partial charge in [-0.1, -0.05) is 0 Å². The van der Waals surface area contributed by atoms with Gasteiger partial charge in [0.05, 0.1) is 39.7 Å². The summed E-state index contributed by atoms with van der Waals surface area (Å²) in [6.45, 7) is 0. The van der Waals surface area contributed by atoms with Crippen molar-refractivity contribution < 1.29 is 32.2 Å². The lowest BCUT2D eigenvalue weighted by molar-refractivity contribution is 0.0601. The number of methoxy groups -OCH3 is 4. The number of benzene rings is 2. The topological polar surface area (TPSA) is 100 Å². The molecule has 0 radical (unpaired) electrons. The number of carbonyl (C=O) groups excluding carboxylic acids is 1. The number of esters is 1. The summed E-state index contributed by atoms with van der Waals surface area (Å²) in [5.74, 6) is 0.145. The Kier molecular flexibility index (Phi) is 5.93. The van der Waals surface area contributed by atoms with Gasteiger partial charge in [-0.25, -0.2) is 13.2 Å². The minimum Gasteiger partial charge on any atom is -0.497 e. The molecule has 9 heteroatoms. The molecule has 0 aromatic heterocycles. The van der Waals surface area contributed by atoms with Crippen LogP contribution < -0.4 is 18.9 Å². The van der Waals surface area contributed by atoms with Crippen molar-refractivity contribution in [2.24, 2.45) is 0 Å². The first kappa shape index (κ1) is 19.4. The van der Waals surface area contributed by atoms with Gasteiger partial charge in [0.15, 0.2) is 0 Å². The fourth-order valence-corrected chi connectivity index (χ4v) is 3.48. The molecule has 2 aromatic carbocycles. The zero-order valence-electron chi connectivity index (χ0n) is 14.7. The highest BCUT2D eigenvalue weighted by Crippen LogP contribution is 2.31. The lowest BCUT2D eigenvalue weighted by atomic mass is 10.2. The second-order valence-corrected chi connectivity index (χ2v) is 6.68. The Morgan fingerprint density at radius 2 is 1.50 bits per heavy atom. The van der Waals surface area contributed by atoms with Crippen LogP contribution in [0.5, 0.6) is 17.2 Å². The molecule has 0 fully saturated rings. The summed E-state index contributed by atoms with van der Waals surface area (Å²) in [6, 6.07) is 8.69. The van der Waals surface area contributed by atoms with Crippen LogP contribution >= 0.6 is 0 Å². The van der Waals surface area contributed by atoms with Crippen molar-refractivity contribution in [2.75, 3.05) is 33.2 Å². The van der Waals surface area contributed by atoms with Crippen LogP contribution in [0.1, 0.15) is 10.4 Å². The molecule has 0 amide bonds. The number of rotatable bonds is 7. The standard InChI is InChI=1S/C17H19NO7S/c1-22-11-5-7-14(13(9-11)17(19)25-4)18-26(20,21)16-10-12(23-2)6-8-15(16)24-3/h5-10,18H,1-4H3. The predicted molar refractivity (Wildman–Crippen MR) is 94.7 cm³/mol. The fourth-order valence-electron chi connectivity index (χ4n) is 2.21. The number of hydrogen-bond donors (Lipinski definition) is 1. The fraction of sp³-hybridized carbons (Fsp3) is 0.235. The second kappa shape index (κ2) is 7.96. The number of anilines is 1. The number of nitrogens with one attached hydrogen (secondary N) is 1. The molecule has 0 spiro atoms. The number of carbonyl (C=O) groups is 1. The Morgan fingerprint density at radius 3 is 2.08 bits per heavy atom. The minimum absolute atomic E-state index is 0.0114. The Balaban J connectivity index is 2.52. The summed E-state index contributed by atoms with van der Waals surface area (Å²) in [4.78, 5) is 11.9. The van der Waals surface area contributed by atoms with Crippen LogP contribution in [0.25, 0.3) is 0 Å². The van der Waals surface area contributed by atoms with Crippen molar-refractivity contribution in [1.29, 1.82) is 0 Å². The zero-order valence-corrected chi connectivity index (χ0v) is 15.5. The van der Waals surface area contributed by atoms with Crippen molar-refractivity contribution in [3.05, 3.63) is 42.0 Å². The van der Waals surface area contributed by atoms with E-state index < -0.39 is 16.0 Å². The maximum absolute atomic E-state index is 12.8. The van der Waals surface area contributed by atoms with Gasteiger partial charge in [-0.15, -0.1) is 0 Å². The maximum Gasteiger partial charge on any atom is 0.340 e. The van der Waals surface area contributed by atoms with Crippen molar-refractivity contribution in [1.82, 2.24) is 0 Å². The molecule has 0 saturated heterocycles. The van der Waals surface area contributed by atoms with E-state index >= 15 is 0 Å². The van der Waals surface area contributed by atoms with E-state index in [1.54, 1.807) is 6.07 Å². The number of ether oxygens (including phenoxy) is 4. The Morgan fingerprint density at radius 1 is 0.885 bits per heavy atom. The largest absolute Gasteiger partial charge is 0.497 e. The first-order valence-corrected chi connectivity index (χ1v) is 8.85. The first-order valence-electron chi connectivity index (χ1n) is 7.37. The summed E-state index contributed by atoms with van der Waals surface area (Å²) in [7, 11) is 1.33. The van der Waals surface area contributed by atoms with Gasteiger partial charge in [-0.2, -0.15) is 0 Å². The first-order chi connectivity index (χ1) is 12.4. The van der Waals surface area contributed by atoms with Gasteiger partial charge in [-0.05, 0) is 30.3 Å². The molecule has 0 bridgehead atoms. The molecule has 0 atom stereocenters. The molecular weight excluding hydrogens is 362 g/mol. The predicted octanol–water partition coefficient (Wildman–Crippen LogP) is 2.30. The Labute approximate surface area is 151 Å². The Bertz CT molecular complexity index is 909. The normalized spacial score (nSPS) is 10.8. The average Bonchev–Trinajstić information content (AvgIpc) is 2.66. The van der Waals surface area contributed by atoms with Crippen molar-refractivity contribution in [2.45, 2.75) is 4.90 Å². The van der Waals surface area contributed by atoms with Gasteiger partial charge in [0.25, 0.3) is 10.0 Å². The second-order valence-electron chi connectivity index (χ2n) is 5.03. The van der Waals surface area contributed by atoms with Crippen LogP contribution in [0.15, 0.2) is 41.3 Å². The zero-order chi connectivity index (χ0) is 19.3. The monoisotopic (exact) mass is 381 g/mol. The molecule has 26 heavy (non-hydrogen) atoms. The van der Waals surface area contributed by atoms with Gasteiger partial charge in [0.1, 0.15) is 22.1 Å². The van der Waals surface area contributed by atoms with Gasteiger partial charge in [0.2, 0.25) is 0 Å². The van der Waals surface area contributed by atoms with E-state index in [1.165, 1.54) is 58.8 Å². The molecule has 0 saturated carbocycles. The summed E-state index contributed by atoms with van der Waals surface area (Å²) in [6.07, 6.45) is 0. The molecule has 0 aliphatic rings. The minimum atomic E-state index is -4.08. The lowest BCUT2D eigenvalue weighted by Gasteiger charge is -2.15. The highest BCUT2D eigenvalue weighted by atomic mass is 32.2. The molecule has 0 unspecified atom stereocenters. The number of hydrogen-bond acceptors (Lipinski definition) is 7. The molecule has 0 aliphatic heterocycles. The van der Waals surface area contributed by atoms with Crippen molar-refractivity contribution in [3.8, 4) is 17.2 Å². The summed E-state index contributed by atoms with van der Waals surface area (Å²) >= 11 is 0. The Hall–Kier alpha value is -2.94. The summed E-state index contributed by atoms with van der Waals surface area (Å²) in [5, 5.41) is 0. The van der Waals surface area contributed by atoms with Crippen LogP contribution in [-0.2, 0) is 14.8 Å². The van der Waals surface area contributed by atoms with Crippen LogP contribution in [0.2, 0.25) is 0 Å². The average molecular weight is 381 g/mol. The highest BCUT2D eigenvalue weighted by molar-refractivity contribution is 7.92. The molecular formula is C17H19NO7S. The SMILES string of the molecule is COC(=O)c1cc(OC)ccc1NS(=O)(=O)c1cc(OC)ccc1OC. The summed E-state index contributed by atoms with van der Waals surface area (Å²) in [5.41, 5.74) is 0.0554. The van der Waals surface area contributed by atoms with E-state index in [1.807, 2.05) is 0 Å². The summed E-state index contributed by atoms with van der Waals surface area (Å²) < 4.78 is 48.0. The van der Waals surface area contributed by atoms with E-state index in [0.29, 0.717) is 11.5 Å². The molecule has 1 N–H and O–H groups in total. The van der Waals surface area contributed by atoms with Gasteiger partial charge < -0.3 is 18.9 Å². The van der Waals surface area contributed by atoms with E-state index in [4.69, 9.17) is 18.9 Å². The van der Waals surface area contributed by atoms with Crippen molar-refractivity contribution in [3.63, 3.8) is 0 Å². The van der Waals surface area contributed by atoms with Gasteiger partial charge in [0, 0.05) is 6.07 Å². The molecule has 0 heterocycles. The van der Waals surface area contributed by atoms with Gasteiger partial charge in [-0.3, -0.25) is 4.72 Å². The number of sulfonamides is 1. The molecule has 140 valence electrons. The van der Waals surface area contributed by atoms with E-state index in [0.717, 1.165) is 0 Å². The van der Waals surface area contributed by atoms with Crippen LogP contribution in [0, 0.1) is 0 Å². The van der Waals surface area contributed by atoms with E-state index in [-0.39, 0.29) is 21.9 Å². The van der Waals surface area contributed by atoms with Crippen molar-refractivity contribution >= 4 is 21.7 Å². The third-order valence-electron chi connectivity index (χ3n) is 3.54. The lowest BCUT2D eigenvalue weighted by Crippen LogP contribution is -2.17. The molecule has 2 aromatic rings. The molecule has 8 nitrogen and oxygen atoms in total. The third-order valence-corrected chi connectivity index (χ3v) is 4.92. The maximum atomic E-state index is 12.8.